The SMILES string of the molecule is COc1ccccc1N1CCN(C(=O)[C@H]2CC(=O)N(Cc3ccc(C)cc3)C2)CC1. The van der Waals surface area contributed by atoms with Crippen molar-refractivity contribution >= 4 is 17.5 Å². The van der Waals surface area contributed by atoms with Crippen LogP contribution in [0.1, 0.15) is 17.5 Å². The van der Waals surface area contributed by atoms with Crippen molar-refractivity contribution in [2.24, 2.45) is 5.92 Å². The first kappa shape index (κ1) is 20.3. The molecule has 0 radical (unpaired) electrons. The Morgan fingerprint density at radius 1 is 1.03 bits per heavy atom. The molecule has 2 aliphatic heterocycles. The topological polar surface area (TPSA) is 53.1 Å². The Morgan fingerprint density at radius 3 is 2.43 bits per heavy atom. The summed E-state index contributed by atoms with van der Waals surface area (Å²) < 4.78 is 5.47. The molecule has 158 valence electrons. The summed E-state index contributed by atoms with van der Waals surface area (Å²) in [5.41, 5.74) is 3.37. The molecule has 6 nitrogen and oxygen atoms in total. The van der Waals surface area contributed by atoms with Crippen LogP contribution in [0.3, 0.4) is 0 Å². The van der Waals surface area contributed by atoms with E-state index in [2.05, 4.69) is 35.2 Å². The fourth-order valence-corrected chi connectivity index (χ4v) is 4.32. The smallest absolute Gasteiger partial charge is 0.228 e. The van der Waals surface area contributed by atoms with Crippen molar-refractivity contribution in [3.8, 4) is 5.75 Å². The van der Waals surface area contributed by atoms with E-state index < -0.39 is 0 Å². The predicted molar refractivity (Wildman–Crippen MR) is 116 cm³/mol. The third-order valence-corrected chi connectivity index (χ3v) is 6.07. The van der Waals surface area contributed by atoms with Crippen molar-refractivity contribution in [2.75, 3.05) is 44.7 Å². The van der Waals surface area contributed by atoms with E-state index in [9.17, 15) is 9.59 Å². The summed E-state index contributed by atoms with van der Waals surface area (Å²) in [4.78, 5) is 31.5. The predicted octanol–water partition coefficient (Wildman–Crippen LogP) is 2.70. The number of likely N-dealkylation sites (tertiary alicyclic amines) is 1. The standard InChI is InChI=1S/C24H29N3O3/c1-18-7-9-19(10-8-18)16-27-17-20(15-23(27)28)24(29)26-13-11-25(12-14-26)21-5-3-4-6-22(21)30-2/h3-10,20H,11-17H2,1-2H3/t20-/m0/s1. The molecule has 2 amide bonds. The van der Waals surface area contributed by atoms with E-state index in [0.717, 1.165) is 30.1 Å². The van der Waals surface area contributed by atoms with Crippen molar-refractivity contribution < 1.29 is 14.3 Å². The number of carbonyl (C=O) groups is 2. The third kappa shape index (κ3) is 4.27. The van der Waals surface area contributed by atoms with Gasteiger partial charge in [0.1, 0.15) is 5.75 Å². The van der Waals surface area contributed by atoms with Crippen LogP contribution in [0.15, 0.2) is 48.5 Å². The highest BCUT2D eigenvalue weighted by atomic mass is 16.5. The van der Waals surface area contributed by atoms with E-state index in [4.69, 9.17) is 4.74 Å². The Hall–Kier alpha value is -3.02. The number of methoxy groups -OCH3 is 1. The molecular formula is C24H29N3O3. The highest BCUT2D eigenvalue weighted by Crippen LogP contribution is 2.29. The van der Waals surface area contributed by atoms with Gasteiger partial charge < -0.3 is 19.4 Å². The van der Waals surface area contributed by atoms with Crippen molar-refractivity contribution in [1.29, 1.82) is 0 Å². The quantitative estimate of drug-likeness (QED) is 0.765. The van der Waals surface area contributed by atoms with E-state index in [1.54, 1.807) is 7.11 Å². The number of ether oxygens (including phenoxy) is 1. The van der Waals surface area contributed by atoms with Crippen LogP contribution in [-0.4, -0.2) is 61.4 Å². The number of piperazine rings is 1. The van der Waals surface area contributed by atoms with Gasteiger partial charge in [-0.2, -0.15) is 0 Å². The minimum atomic E-state index is -0.235. The molecule has 0 N–H and O–H groups in total. The van der Waals surface area contributed by atoms with Crippen molar-refractivity contribution in [3.63, 3.8) is 0 Å². The van der Waals surface area contributed by atoms with Gasteiger partial charge in [0.25, 0.3) is 0 Å². The molecule has 6 heteroatoms. The summed E-state index contributed by atoms with van der Waals surface area (Å²) in [6.07, 6.45) is 0.317. The number of hydrogen-bond donors (Lipinski definition) is 0. The first-order valence-electron chi connectivity index (χ1n) is 10.5. The highest BCUT2D eigenvalue weighted by molar-refractivity contribution is 5.89. The van der Waals surface area contributed by atoms with Crippen LogP contribution in [0.5, 0.6) is 5.75 Å². The summed E-state index contributed by atoms with van der Waals surface area (Å²) in [6, 6.07) is 16.2. The zero-order valence-electron chi connectivity index (χ0n) is 17.7. The zero-order chi connectivity index (χ0) is 21.1. The number of carbonyl (C=O) groups excluding carboxylic acids is 2. The van der Waals surface area contributed by atoms with Gasteiger partial charge in [-0.3, -0.25) is 9.59 Å². The Bertz CT molecular complexity index is 904. The maximum absolute atomic E-state index is 13.1. The normalized spacial score (nSPS) is 19.3. The number of rotatable bonds is 5. The van der Waals surface area contributed by atoms with Crippen LogP contribution < -0.4 is 9.64 Å². The first-order valence-corrected chi connectivity index (χ1v) is 10.5. The largest absolute Gasteiger partial charge is 0.495 e. The second-order valence-corrected chi connectivity index (χ2v) is 8.15. The molecule has 2 heterocycles. The summed E-state index contributed by atoms with van der Waals surface area (Å²) >= 11 is 0. The third-order valence-electron chi connectivity index (χ3n) is 6.07. The molecule has 2 aliphatic rings. The number of nitrogens with zero attached hydrogens (tertiary/aromatic N) is 3. The zero-order valence-corrected chi connectivity index (χ0v) is 17.7. The number of benzene rings is 2. The molecular weight excluding hydrogens is 378 g/mol. The van der Waals surface area contributed by atoms with Gasteiger partial charge >= 0.3 is 0 Å². The van der Waals surface area contributed by atoms with E-state index in [1.807, 2.05) is 34.9 Å². The first-order chi connectivity index (χ1) is 14.5. The Kier molecular flexibility index (Phi) is 5.93. The van der Waals surface area contributed by atoms with Crippen LogP contribution in [0.2, 0.25) is 0 Å². The summed E-state index contributed by atoms with van der Waals surface area (Å²) in [7, 11) is 1.68. The Balaban J connectivity index is 1.33. The molecule has 0 bridgehead atoms. The summed E-state index contributed by atoms with van der Waals surface area (Å²) in [5, 5.41) is 0. The molecule has 2 aromatic carbocycles. The number of anilines is 1. The summed E-state index contributed by atoms with van der Waals surface area (Å²) in [6.45, 7) is 5.99. The van der Waals surface area contributed by atoms with Crippen LogP contribution >= 0.6 is 0 Å². The average Bonchev–Trinajstić information content (AvgIpc) is 3.15. The Morgan fingerprint density at radius 2 is 1.73 bits per heavy atom. The van der Waals surface area contributed by atoms with Gasteiger partial charge in [0.2, 0.25) is 11.8 Å². The lowest BCUT2D eigenvalue weighted by molar-refractivity contribution is -0.136. The molecule has 4 rings (SSSR count). The number of para-hydroxylation sites is 2. The fraction of sp³-hybridized carbons (Fsp3) is 0.417. The van der Waals surface area contributed by atoms with Gasteiger partial charge in [-0.1, -0.05) is 42.0 Å². The minimum Gasteiger partial charge on any atom is -0.495 e. The second-order valence-electron chi connectivity index (χ2n) is 8.15. The molecule has 2 saturated heterocycles. The van der Waals surface area contributed by atoms with Crippen molar-refractivity contribution in [1.82, 2.24) is 9.80 Å². The molecule has 0 aliphatic carbocycles. The van der Waals surface area contributed by atoms with Crippen LogP contribution in [0.25, 0.3) is 0 Å². The molecule has 0 unspecified atom stereocenters. The van der Waals surface area contributed by atoms with Crippen molar-refractivity contribution in [2.45, 2.75) is 19.9 Å². The van der Waals surface area contributed by atoms with Gasteiger partial charge in [0.15, 0.2) is 0 Å². The lowest BCUT2D eigenvalue weighted by atomic mass is 10.1. The van der Waals surface area contributed by atoms with Crippen LogP contribution in [0.4, 0.5) is 5.69 Å². The van der Waals surface area contributed by atoms with Crippen LogP contribution in [-0.2, 0) is 16.1 Å². The monoisotopic (exact) mass is 407 g/mol. The van der Waals surface area contributed by atoms with Crippen LogP contribution in [0, 0.1) is 12.8 Å². The maximum Gasteiger partial charge on any atom is 0.228 e. The van der Waals surface area contributed by atoms with Gasteiger partial charge in [-0.15, -0.1) is 0 Å². The van der Waals surface area contributed by atoms with Crippen molar-refractivity contribution in [3.05, 3.63) is 59.7 Å². The van der Waals surface area contributed by atoms with Gasteiger partial charge in [0, 0.05) is 45.7 Å². The molecule has 2 aromatic rings. The van der Waals surface area contributed by atoms with E-state index in [0.29, 0.717) is 32.6 Å². The van der Waals surface area contributed by atoms with Gasteiger partial charge in [-0.05, 0) is 24.6 Å². The molecule has 0 spiro atoms. The van der Waals surface area contributed by atoms with E-state index in [1.165, 1.54) is 5.56 Å². The molecule has 0 saturated carbocycles. The second kappa shape index (κ2) is 8.78. The molecule has 2 fully saturated rings. The number of aryl methyl sites for hydroxylation is 1. The minimum absolute atomic E-state index is 0.0709. The summed E-state index contributed by atoms with van der Waals surface area (Å²) in [5.74, 6) is 0.794. The number of amides is 2. The maximum atomic E-state index is 13.1. The van der Waals surface area contributed by atoms with E-state index >= 15 is 0 Å². The average molecular weight is 408 g/mol. The molecule has 1 atom stereocenters. The number of hydrogen-bond acceptors (Lipinski definition) is 4. The van der Waals surface area contributed by atoms with Gasteiger partial charge in [-0.25, -0.2) is 0 Å². The highest BCUT2D eigenvalue weighted by Gasteiger charge is 2.37. The molecule has 0 aromatic heterocycles. The van der Waals surface area contributed by atoms with E-state index in [-0.39, 0.29) is 17.7 Å². The Labute approximate surface area is 178 Å². The lowest BCUT2D eigenvalue weighted by Gasteiger charge is -2.37. The lowest BCUT2D eigenvalue weighted by Crippen LogP contribution is -2.50. The van der Waals surface area contributed by atoms with Gasteiger partial charge in [0.05, 0.1) is 18.7 Å². The molecule has 30 heavy (non-hydrogen) atoms. The fourth-order valence-electron chi connectivity index (χ4n) is 4.32.